The van der Waals surface area contributed by atoms with Crippen molar-refractivity contribution in [1.82, 2.24) is 19.9 Å². The number of hydrogen-bond acceptors (Lipinski definition) is 13. The molecular formula is C52H58F4N7O6P. The standard InChI is InChI=1S/C24H23F2N3O.C16H25N2O4P.C10H7F2NO.C2H3N/c25-21-13-18-12-16(15-28-23(18)14-22(21)26)7-10-20(30)6-2-1-5-19-9-8-17-4-3-11-27-24(17)29-19;1-21-23(20,22-2)12-15(19)8-4-3-7-14-10-9-13-6-5-11-17-16(13)18-14;1-14-7-2-6-3-8(11)9(12)4-10(6)13-5-7;1-2-3/h7-10,12-15H,1-6,11H2,(H,27,29);9-10H,3-8,11-12H2,1-2H3,(H,17,18);2-5H,1H3;1H3/b10-7+;;;. The molecular weight excluding hydrogens is 926 g/mol. The van der Waals surface area contributed by atoms with Crippen LogP contribution in [0.25, 0.3) is 27.9 Å². The van der Waals surface area contributed by atoms with E-state index in [-0.39, 0.29) is 17.7 Å². The smallest absolute Gasteiger partial charge is 0.337 e. The molecule has 0 saturated carbocycles. The Kier molecular flexibility index (Phi) is 21.4. The van der Waals surface area contributed by atoms with Crippen molar-refractivity contribution in [3.05, 3.63) is 130 Å². The van der Waals surface area contributed by atoms with Gasteiger partial charge in [-0.25, -0.2) is 27.5 Å². The minimum atomic E-state index is -3.23. The van der Waals surface area contributed by atoms with Crippen LogP contribution in [0.2, 0.25) is 0 Å². The van der Waals surface area contributed by atoms with E-state index in [0.717, 1.165) is 125 Å². The Bertz CT molecular complexity index is 2850. The van der Waals surface area contributed by atoms with E-state index in [0.29, 0.717) is 46.0 Å². The average molecular weight is 984 g/mol. The third kappa shape index (κ3) is 16.8. The van der Waals surface area contributed by atoms with Gasteiger partial charge in [0.2, 0.25) is 0 Å². The number of allylic oxidation sites excluding steroid dienone is 1. The zero-order valence-corrected chi connectivity index (χ0v) is 40.7. The largest absolute Gasteiger partial charge is 0.495 e. The predicted octanol–water partition coefficient (Wildman–Crippen LogP) is 11.5. The van der Waals surface area contributed by atoms with E-state index in [1.165, 1.54) is 51.7 Å². The number of hydrogen-bond donors (Lipinski definition) is 2. The van der Waals surface area contributed by atoms with Gasteiger partial charge in [0.1, 0.15) is 29.3 Å². The summed E-state index contributed by atoms with van der Waals surface area (Å²) in [5, 5.41) is 15.0. The first-order valence-electron chi connectivity index (χ1n) is 23.0. The Morgan fingerprint density at radius 1 is 0.714 bits per heavy atom. The number of fused-ring (bicyclic) bond motifs is 4. The molecule has 8 rings (SSSR count). The second-order valence-corrected chi connectivity index (χ2v) is 18.6. The number of anilines is 2. The molecule has 13 nitrogen and oxygen atoms in total. The fourth-order valence-electron chi connectivity index (χ4n) is 7.47. The monoisotopic (exact) mass is 983 g/mol. The Labute approximate surface area is 405 Å². The van der Waals surface area contributed by atoms with E-state index in [9.17, 15) is 31.7 Å². The first kappa shape index (κ1) is 54.3. The minimum Gasteiger partial charge on any atom is -0.495 e. The quantitative estimate of drug-likeness (QED) is 0.0382. The SMILES string of the molecule is CC#N.COP(=O)(CC(=O)CCCCc1ccc2c(n1)NCCC2)OC.COc1cnc2cc(F)c(F)cc2c1.O=C(/C=C/c1cnc2cc(F)c(F)cc2c1)CCCCc1ccc2c(n1)NCCC2. The van der Waals surface area contributed by atoms with Gasteiger partial charge in [0.25, 0.3) is 0 Å². The number of pyridine rings is 4. The molecule has 2 aliphatic heterocycles. The van der Waals surface area contributed by atoms with E-state index in [2.05, 4.69) is 54.8 Å². The van der Waals surface area contributed by atoms with Gasteiger partial charge in [-0.05, 0) is 129 Å². The Morgan fingerprint density at radius 3 is 1.74 bits per heavy atom. The molecule has 6 heterocycles. The molecule has 6 aromatic rings. The van der Waals surface area contributed by atoms with E-state index < -0.39 is 30.9 Å². The number of benzene rings is 2. The van der Waals surface area contributed by atoms with Crippen molar-refractivity contribution >= 4 is 58.7 Å². The van der Waals surface area contributed by atoms with Crippen LogP contribution in [0.1, 0.15) is 86.4 Å². The van der Waals surface area contributed by atoms with E-state index in [1.54, 1.807) is 30.5 Å². The number of nitrogens with zero attached hydrogens (tertiary/aromatic N) is 5. The molecule has 0 saturated heterocycles. The van der Waals surface area contributed by atoms with Crippen LogP contribution < -0.4 is 15.4 Å². The van der Waals surface area contributed by atoms with Crippen LogP contribution in [-0.4, -0.2) is 72.1 Å². The summed E-state index contributed by atoms with van der Waals surface area (Å²) in [4.78, 5) is 41.3. The number of nitriles is 1. The normalized spacial score (nSPS) is 12.6. The molecule has 0 fully saturated rings. The first-order chi connectivity index (χ1) is 33.8. The van der Waals surface area contributed by atoms with Gasteiger partial charge in [-0.1, -0.05) is 12.1 Å². The zero-order valence-electron chi connectivity index (χ0n) is 39.8. The summed E-state index contributed by atoms with van der Waals surface area (Å²) in [6.45, 7) is 3.39. The third-order valence-electron chi connectivity index (χ3n) is 11.2. The summed E-state index contributed by atoms with van der Waals surface area (Å²) in [5.74, 6) is -1.14. The number of unbranched alkanes of at least 4 members (excludes halogenated alkanes) is 2. The second kappa shape index (κ2) is 27.6. The highest BCUT2D eigenvalue weighted by atomic mass is 31.2. The lowest BCUT2D eigenvalue weighted by Crippen LogP contribution is -2.14. The number of carbonyl (C=O) groups excluding carboxylic acids is 2. The van der Waals surface area contributed by atoms with Crippen LogP contribution in [0.3, 0.4) is 0 Å². The van der Waals surface area contributed by atoms with Crippen LogP contribution >= 0.6 is 7.60 Å². The van der Waals surface area contributed by atoms with Crippen molar-refractivity contribution in [3.8, 4) is 11.8 Å². The zero-order chi connectivity index (χ0) is 50.5. The Balaban J connectivity index is 0.000000201. The molecule has 0 radical (unpaired) electrons. The first-order valence-corrected chi connectivity index (χ1v) is 24.7. The number of ether oxygens (including phenoxy) is 1. The molecule has 0 aliphatic carbocycles. The van der Waals surface area contributed by atoms with Gasteiger partial charge in [-0.3, -0.25) is 24.1 Å². The van der Waals surface area contributed by atoms with E-state index in [1.807, 2.05) is 0 Å². The highest BCUT2D eigenvalue weighted by Crippen LogP contribution is 2.46. The van der Waals surface area contributed by atoms with Crippen molar-refractivity contribution in [2.75, 3.05) is 51.2 Å². The molecule has 2 N–H and O–H groups in total. The summed E-state index contributed by atoms with van der Waals surface area (Å²) in [5.41, 5.74) is 6.12. The molecule has 0 atom stereocenters. The molecule has 2 aliphatic rings. The van der Waals surface area contributed by atoms with Crippen LogP contribution in [0.5, 0.6) is 5.75 Å². The van der Waals surface area contributed by atoms with Gasteiger partial charge in [0, 0.05) is 87.6 Å². The average Bonchev–Trinajstić information content (AvgIpc) is 3.37. The van der Waals surface area contributed by atoms with Crippen molar-refractivity contribution in [1.29, 1.82) is 5.26 Å². The predicted molar refractivity (Wildman–Crippen MR) is 264 cm³/mol. The molecule has 370 valence electrons. The fraction of sp³-hybridized carbons (Fsp3) is 0.365. The molecule has 18 heteroatoms. The Morgan fingerprint density at radius 2 is 1.21 bits per heavy atom. The second-order valence-electron chi connectivity index (χ2n) is 16.4. The molecule has 2 aromatic carbocycles. The third-order valence-corrected chi connectivity index (χ3v) is 13.1. The lowest BCUT2D eigenvalue weighted by molar-refractivity contribution is -0.117. The van der Waals surface area contributed by atoms with Crippen LogP contribution in [0.15, 0.2) is 79.1 Å². The highest BCUT2D eigenvalue weighted by Gasteiger charge is 2.25. The maximum atomic E-state index is 13.4. The van der Waals surface area contributed by atoms with Crippen LogP contribution in [0, 0.1) is 34.6 Å². The minimum absolute atomic E-state index is 0.0282. The molecule has 0 spiro atoms. The molecule has 0 amide bonds. The maximum Gasteiger partial charge on any atom is 0.337 e. The summed E-state index contributed by atoms with van der Waals surface area (Å²) >= 11 is 0. The number of ketones is 2. The summed E-state index contributed by atoms with van der Waals surface area (Å²) in [6, 6.07) is 17.8. The summed E-state index contributed by atoms with van der Waals surface area (Å²) in [6.07, 6.45) is 16.3. The van der Waals surface area contributed by atoms with Crippen molar-refractivity contribution < 1.29 is 45.5 Å². The van der Waals surface area contributed by atoms with E-state index >= 15 is 0 Å². The van der Waals surface area contributed by atoms with Crippen molar-refractivity contribution in [2.24, 2.45) is 0 Å². The lowest BCUT2D eigenvalue weighted by Gasteiger charge is -2.17. The Hall–Kier alpha value is -6.60. The number of carbonyl (C=O) groups is 2. The highest BCUT2D eigenvalue weighted by molar-refractivity contribution is 7.54. The van der Waals surface area contributed by atoms with Gasteiger partial charge in [0.05, 0.1) is 30.4 Å². The molecule has 0 bridgehead atoms. The lowest BCUT2D eigenvalue weighted by atomic mass is 10.0. The number of aromatic nitrogens is 4. The van der Waals surface area contributed by atoms with Gasteiger partial charge in [0.15, 0.2) is 29.1 Å². The summed E-state index contributed by atoms with van der Waals surface area (Å²) < 4.78 is 78.6. The van der Waals surface area contributed by atoms with Gasteiger partial charge < -0.3 is 24.4 Å². The number of nitrogens with one attached hydrogen (secondary N) is 2. The van der Waals surface area contributed by atoms with Crippen LogP contribution in [-0.2, 0) is 48.9 Å². The van der Waals surface area contributed by atoms with Crippen molar-refractivity contribution in [3.63, 3.8) is 0 Å². The van der Waals surface area contributed by atoms with E-state index in [4.69, 9.17) is 19.0 Å². The number of rotatable bonds is 17. The van der Waals surface area contributed by atoms with Crippen molar-refractivity contribution in [2.45, 2.75) is 84.0 Å². The number of methoxy groups -OCH3 is 1. The summed E-state index contributed by atoms with van der Waals surface area (Å²) in [7, 11) is 0.859. The maximum absolute atomic E-state index is 13.4. The number of halogens is 4. The molecule has 4 aromatic heterocycles. The fourth-order valence-corrected chi connectivity index (χ4v) is 8.46. The molecule has 0 unspecified atom stereocenters. The van der Waals surface area contributed by atoms with Gasteiger partial charge >= 0.3 is 7.60 Å². The van der Waals surface area contributed by atoms with Crippen LogP contribution in [0.4, 0.5) is 29.2 Å². The number of aryl methyl sites for hydroxylation is 4. The number of Topliss-reactive ketones (excluding diaryl/α,β-unsaturated/α-hetero) is 1. The topological polar surface area (TPSA) is 178 Å². The van der Waals surface area contributed by atoms with Gasteiger partial charge in [-0.15, -0.1) is 0 Å². The van der Waals surface area contributed by atoms with Gasteiger partial charge in [-0.2, -0.15) is 5.26 Å². The molecule has 70 heavy (non-hydrogen) atoms.